The van der Waals surface area contributed by atoms with E-state index in [1.807, 2.05) is 6.92 Å². The summed E-state index contributed by atoms with van der Waals surface area (Å²) in [5, 5.41) is 0. The first-order chi connectivity index (χ1) is 28.2. The van der Waals surface area contributed by atoms with Gasteiger partial charge < -0.3 is 34.7 Å². The van der Waals surface area contributed by atoms with E-state index in [4.69, 9.17) is 51.3 Å². The van der Waals surface area contributed by atoms with Gasteiger partial charge >= 0.3 is 12.8 Å². The molecule has 4 aromatic heterocycles. The van der Waals surface area contributed by atoms with Crippen LogP contribution >= 0.6 is 25.7 Å². The summed E-state index contributed by atoms with van der Waals surface area (Å²) in [5.41, 5.74) is 11.5. The normalized spacial score (nSPS) is 31.4. The molecule has 312 valence electrons. The molecular weight excluding hydrogens is 843 g/mol. The van der Waals surface area contributed by atoms with Crippen molar-refractivity contribution in [2.75, 3.05) is 24.7 Å². The summed E-state index contributed by atoms with van der Waals surface area (Å²) < 4.78 is 104. The quantitative estimate of drug-likeness (QED) is 0.0821. The summed E-state index contributed by atoms with van der Waals surface area (Å²) in [6.45, 7) is -4.10. The second kappa shape index (κ2) is 16.6. The van der Waals surface area contributed by atoms with Crippen molar-refractivity contribution in [2.24, 2.45) is 0 Å². The summed E-state index contributed by atoms with van der Waals surface area (Å²) in [7, 11) is 1.24. The number of carbonyl (C=O) groups is 1. The minimum atomic E-state index is -4.72. The predicted octanol–water partition coefficient (Wildman–Crippen LogP) is 3.83. The monoisotopic (exact) mass is 878 g/mol. The SMILES string of the molecule is [B][P@@]1(=O)OC[C@H]2O[C@@H](n3cnc4c(N)ncnc43)[C@H](F)[C@@H]2O[P@](=O)(SCc2ccc(OC(=O)CCCC)cc2)OC[C@H]2O[C@@H](n3cnc4c(=O)[nH]c(N)nc43)[C@H](F)[C@@H]2O1. The molecule has 0 amide bonds. The number of halogens is 2. The number of aromatic nitrogens is 8. The number of nitrogens with one attached hydrogen (secondary N) is 1. The van der Waals surface area contributed by atoms with E-state index in [0.717, 1.165) is 23.6 Å². The summed E-state index contributed by atoms with van der Waals surface area (Å²) in [6, 6.07) is 6.37. The molecule has 27 heteroatoms. The molecule has 21 nitrogen and oxygen atoms in total. The Morgan fingerprint density at radius 1 is 0.949 bits per heavy atom. The number of rotatable bonds is 9. The number of nitrogens with zero attached hydrogens (tertiary/aromatic N) is 7. The molecule has 7 heterocycles. The number of nitrogen functional groups attached to an aromatic ring is 2. The zero-order valence-corrected chi connectivity index (χ0v) is 33.4. The second-order valence-corrected chi connectivity index (χ2v) is 19.2. The highest BCUT2D eigenvalue weighted by atomic mass is 32.7. The van der Waals surface area contributed by atoms with Crippen LogP contribution < -0.4 is 21.8 Å². The van der Waals surface area contributed by atoms with Crippen LogP contribution in [-0.4, -0.2) is 103 Å². The largest absolute Gasteiger partial charge is 0.427 e. The number of H-pyrrole nitrogens is 1. The minimum absolute atomic E-state index is 0.0166. The molecule has 3 aliphatic rings. The molecule has 0 bridgehead atoms. The van der Waals surface area contributed by atoms with Crippen LogP contribution in [0.1, 0.15) is 44.2 Å². The maximum atomic E-state index is 16.7. The van der Waals surface area contributed by atoms with Crippen LogP contribution in [0.4, 0.5) is 20.5 Å². The fourth-order valence-electron chi connectivity index (χ4n) is 6.64. The molecule has 0 spiro atoms. The molecular formula is C32H35BF2N10O11P2S. The third kappa shape index (κ3) is 8.53. The first kappa shape index (κ1) is 41.4. The zero-order valence-electron chi connectivity index (χ0n) is 30.8. The lowest BCUT2D eigenvalue weighted by Crippen LogP contribution is -2.37. The Labute approximate surface area is 337 Å². The number of hydrogen-bond donors (Lipinski definition) is 3. The van der Waals surface area contributed by atoms with Crippen molar-refractivity contribution in [3.63, 3.8) is 0 Å². The summed E-state index contributed by atoms with van der Waals surface area (Å²) in [5.74, 6) is -0.408. The average molecular weight is 879 g/mol. The molecule has 0 aliphatic carbocycles. The minimum Gasteiger partial charge on any atom is -0.427 e. The van der Waals surface area contributed by atoms with Crippen LogP contribution in [0.3, 0.4) is 0 Å². The number of anilines is 2. The van der Waals surface area contributed by atoms with Crippen molar-refractivity contribution in [2.45, 2.75) is 81.2 Å². The Kier molecular flexibility index (Phi) is 11.7. The molecule has 0 unspecified atom stereocenters. The standard InChI is InChI=1S/C32H35BF2N10O11P2S/c1-2-3-4-19(46)52-16-7-5-15(6-8-16)11-59-58(49)51-10-18-24(20(34)31(54-18)45-14-41-23-28(45)42-32(37)43-29(23)47)55-57(33,48)50-9-17-25(56-58)21(35)30(53-17)44-13-40-22-26(36)38-12-39-27(22)44/h5-8,12-14,17-18,20-21,24-25,30-31H,2-4,9-11H2,1H3,(H2,36,38,39)(H3,37,42,43,47)/t17-,18-,20-,21-,24-,25-,30-,31-,57-,58-/m1/s1. The Morgan fingerprint density at radius 2 is 1.59 bits per heavy atom. The van der Waals surface area contributed by atoms with E-state index in [1.54, 1.807) is 24.3 Å². The molecule has 3 saturated heterocycles. The number of carbonyl (C=O) groups excluding carboxylic acids is 1. The number of unbranched alkanes of at least 4 members (excludes halogenated alkanes) is 1. The third-order valence-corrected chi connectivity index (χ3v) is 14.2. The first-order valence-electron chi connectivity index (χ1n) is 18.1. The Morgan fingerprint density at radius 3 is 2.29 bits per heavy atom. The third-order valence-electron chi connectivity index (χ3n) is 9.53. The van der Waals surface area contributed by atoms with Crippen molar-refractivity contribution in [3.05, 3.63) is 59.2 Å². The molecule has 5 N–H and O–H groups in total. The van der Waals surface area contributed by atoms with Crippen molar-refractivity contribution >= 4 is 73.3 Å². The van der Waals surface area contributed by atoms with Gasteiger partial charge in [0.1, 0.15) is 42.0 Å². The number of aromatic amines is 1. The van der Waals surface area contributed by atoms with Gasteiger partial charge in [0.15, 0.2) is 47.4 Å². The lowest BCUT2D eigenvalue weighted by Gasteiger charge is -2.30. The van der Waals surface area contributed by atoms with Gasteiger partial charge in [-0.05, 0) is 35.5 Å². The van der Waals surface area contributed by atoms with E-state index in [2.05, 4.69) is 29.9 Å². The summed E-state index contributed by atoms with van der Waals surface area (Å²) in [6.07, 6.45) is -8.80. The molecule has 5 aromatic rings. The van der Waals surface area contributed by atoms with Gasteiger partial charge in [-0.3, -0.25) is 37.3 Å². The number of hydrogen-bond acceptors (Lipinski definition) is 19. The lowest BCUT2D eigenvalue weighted by atomic mass is 10.1. The van der Waals surface area contributed by atoms with Gasteiger partial charge in [-0.25, -0.2) is 33.3 Å². The van der Waals surface area contributed by atoms with E-state index in [1.165, 1.54) is 10.9 Å². The number of benzene rings is 1. The summed E-state index contributed by atoms with van der Waals surface area (Å²) >= 11 is 0.664. The molecule has 1 aromatic carbocycles. The van der Waals surface area contributed by atoms with Gasteiger partial charge in [0.2, 0.25) is 13.5 Å². The van der Waals surface area contributed by atoms with Gasteiger partial charge in [-0.2, -0.15) is 4.98 Å². The van der Waals surface area contributed by atoms with Gasteiger partial charge in [0, 0.05) is 12.2 Å². The van der Waals surface area contributed by atoms with Crippen molar-refractivity contribution < 1.29 is 55.0 Å². The Hall–Kier alpha value is -4.32. The molecule has 3 aliphatic heterocycles. The van der Waals surface area contributed by atoms with Gasteiger partial charge in [0.05, 0.1) is 25.9 Å². The molecule has 10 atom stereocenters. The van der Waals surface area contributed by atoms with Gasteiger partial charge in [0.25, 0.3) is 13.0 Å². The lowest BCUT2D eigenvalue weighted by molar-refractivity contribution is -0.134. The fourth-order valence-corrected chi connectivity index (χ4v) is 11.0. The van der Waals surface area contributed by atoms with E-state index >= 15 is 8.78 Å². The van der Waals surface area contributed by atoms with Crippen LogP contribution in [0.15, 0.2) is 48.0 Å². The van der Waals surface area contributed by atoms with Crippen molar-refractivity contribution in [1.29, 1.82) is 0 Å². The highest BCUT2D eigenvalue weighted by Gasteiger charge is 2.54. The van der Waals surface area contributed by atoms with Gasteiger partial charge in [-0.15, -0.1) is 0 Å². The van der Waals surface area contributed by atoms with E-state index in [9.17, 15) is 18.7 Å². The number of imidazole rings is 2. The molecule has 59 heavy (non-hydrogen) atoms. The predicted molar refractivity (Wildman–Crippen MR) is 205 cm³/mol. The summed E-state index contributed by atoms with van der Waals surface area (Å²) in [4.78, 5) is 47.1. The Balaban J connectivity index is 1.09. The smallest absolute Gasteiger partial charge is 0.389 e. The van der Waals surface area contributed by atoms with Crippen LogP contribution in [0.2, 0.25) is 0 Å². The van der Waals surface area contributed by atoms with Crippen LogP contribution in [0.25, 0.3) is 22.3 Å². The molecule has 8 rings (SSSR count). The highest BCUT2D eigenvalue weighted by molar-refractivity contribution is 8.54. The number of fused-ring (bicyclic) bond motifs is 4. The van der Waals surface area contributed by atoms with Crippen LogP contribution in [-0.2, 0) is 47.2 Å². The topological polar surface area (TPSA) is 275 Å². The molecule has 2 radical (unpaired) electrons. The molecule has 0 saturated carbocycles. The zero-order chi connectivity index (χ0) is 41.6. The maximum absolute atomic E-state index is 16.7. The number of esters is 1. The first-order valence-corrected chi connectivity index (χ1v) is 22.8. The number of ether oxygens (including phenoxy) is 3. The van der Waals surface area contributed by atoms with E-state index < -0.39 is 82.3 Å². The number of nitrogens with two attached hydrogens (primary N) is 2. The van der Waals surface area contributed by atoms with Crippen LogP contribution in [0, 0.1) is 0 Å². The van der Waals surface area contributed by atoms with E-state index in [0.29, 0.717) is 29.1 Å². The molecule has 3 fully saturated rings. The fraction of sp³-hybridized carbons (Fsp3) is 0.469. The maximum Gasteiger partial charge on any atom is 0.389 e. The van der Waals surface area contributed by atoms with Crippen molar-refractivity contribution in [1.82, 2.24) is 39.0 Å². The van der Waals surface area contributed by atoms with Crippen LogP contribution in [0.5, 0.6) is 5.75 Å². The highest BCUT2D eigenvalue weighted by Crippen LogP contribution is 2.65. The average Bonchev–Trinajstić information content (AvgIpc) is 3.96. The van der Waals surface area contributed by atoms with Crippen molar-refractivity contribution in [3.8, 4) is 5.75 Å². The van der Waals surface area contributed by atoms with Gasteiger partial charge in [-0.1, -0.05) is 25.5 Å². The second-order valence-electron chi connectivity index (χ2n) is 13.6. The van der Waals surface area contributed by atoms with E-state index in [-0.39, 0.29) is 52.2 Å². The number of alkyl halides is 2. The Bertz CT molecular complexity index is 2520.